The van der Waals surface area contributed by atoms with E-state index in [1.807, 2.05) is 0 Å². The molecular formula is C31H50O6. The van der Waals surface area contributed by atoms with Crippen LogP contribution in [-0.2, 0) is 4.79 Å². The molecule has 0 aromatic heterocycles. The normalized spacial score (nSPS) is 13.4. The van der Waals surface area contributed by atoms with Crippen LogP contribution in [0, 0.1) is 0 Å². The minimum atomic E-state index is -1.01. The third-order valence-corrected chi connectivity index (χ3v) is 6.63. The van der Waals surface area contributed by atoms with Crippen LogP contribution in [0.15, 0.2) is 36.4 Å². The molecule has 0 heterocycles. The molecule has 0 radical (unpaired) electrons. The fourth-order valence-corrected chi connectivity index (χ4v) is 4.21. The average molecular weight is 519 g/mol. The molecule has 37 heavy (non-hydrogen) atoms. The summed E-state index contributed by atoms with van der Waals surface area (Å²) in [4.78, 5) is 12.1. The quantitative estimate of drug-likeness (QED) is 0.0749. The van der Waals surface area contributed by atoms with Crippen molar-refractivity contribution in [2.75, 3.05) is 13.7 Å². The number of phenols is 1. The van der Waals surface area contributed by atoms with E-state index in [2.05, 4.69) is 12.2 Å². The number of aliphatic hydroxyl groups excluding tert-OH is 3. The zero-order chi connectivity index (χ0) is 27.1. The van der Waals surface area contributed by atoms with Crippen LogP contribution in [0.3, 0.4) is 0 Å². The van der Waals surface area contributed by atoms with Crippen molar-refractivity contribution in [1.82, 2.24) is 0 Å². The monoisotopic (exact) mass is 518 g/mol. The number of allylic oxidation sites excluding steroid dienone is 3. The van der Waals surface area contributed by atoms with Crippen LogP contribution >= 0.6 is 0 Å². The number of hydrogen-bond acceptors (Lipinski definition) is 6. The van der Waals surface area contributed by atoms with Crippen molar-refractivity contribution in [1.29, 1.82) is 0 Å². The summed E-state index contributed by atoms with van der Waals surface area (Å²) in [5.41, 5.74) is 0.833. The van der Waals surface area contributed by atoms with Gasteiger partial charge in [0, 0.05) is 6.42 Å². The van der Waals surface area contributed by atoms with Gasteiger partial charge in [0.2, 0.25) is 0 Å². The number of carbonyl (C=O) groups is 1. The lowest BCUT2D eigenvalue weighted by Crippen LogP contribution is -2.28. The van der Waals surface area contributed by atoms with Gasteiger partial charge in [-0.05, 0) is 62.3 Å². The van der Waals surface area contributed by atoms with Crippen molar-refractivity contribution >= 4 is 11.9 Å². The third-order valence-electron chi connectivity index (χ3n) is 6.63. The Bertz CT molecular complexity index is 773. The molecule has 1 aromatic rings. The van der Waals surface area contributed by atoms with E-state index in [4.69, 9.17) is 9.84 Å². The minimum absolute atomic E-state index is 0.0920. The third kappa shape index (κ3) is 17.1. The smallest absolute Gasteiger partial charge is 0.161 e. The van der Waals surface area contributed by atoms with E-state index in [0.717, 1.165) is 50.5 Å². The van der Waals surface area contributed by atoms with Crippen LogP contribution in [0.5, 0.6) is 11.5 Å². The molecule has 0 saturated heterocycles. The Hall–Kier alpha value is -2.15. The summed E-state index contributed by atoms with van der Waals surface area (Å²) in [5.74, 6) is 0.627. The highest BCUT2D eigenvalue weighted by Gasteiger charge is 2.13. The maximum atomic E-state index is 12.1. The van der Waals surface area contributed by atoms with Gasteiger partial charge in [0.05, 0.1) is 19.8 Å². The molecular weight excluding hydrogens is 468 g/mol. The van der Waals surface area contributed by atoms with E-state index >= 15 is 0 Å². The summed E-state index contributed by atoms with van der Waals surface area (Å²) in [5, 5.41) is 37.3. The van der Waals surface area contributed by atoms with E-state index in [0.29, 0.717) is 18.6 Å². The number of benzene rings is 1. The van der Waals surface area contributed by atoms with Crippen molar-refractivity contribution in [3.63, 3.8) is 0 Å². The number of phenolic OH excluding ortho intramolecular Hbond substituents is 1. The molecule has 0 aliphatic heterocycles. The molecule has 2 unspecified atom stereocenters. The Labute approximate surface area is 224 Å². The molecule has 0 bridgehead atoms. The molecule has 0 aliphatic carbocycles. The first-order chi connectivity index (χ1) is 18.0. The lowest BCUT2D eigenvalue weighted by molar-refractivity contribution is -0.114. The highest BCUT2D eigenvalue weighted by Crippen LogP contribution is 2.26. The molecule has 2 atom stereocenters. The van der Waals surface area contributed by atoms with Gasteiger partial charge in [0.1, 0.15) is 6.10 Å². The first-order valence-corrected chi connectivity index (χ1v) is 14.2. The number of aromatic hydroxyl groups is 1. The van der Waals surface area contributed by atoms with Gasteiger partial charge in [-0.3, -0.25) is 4.79 Å². The second-order valence-corrected chi connectivity index (χ2v) is 9.88. The number of carbonyl (C=O) groups excluding carboxylic acids is 1. The average Bonchev–Trinajstić information content (AvgIpc) is 2.91. The predicted molar refractivity (Wildman–Crippen MR) is 151 cm³/mol. The maximum absolute atomic E-state index is 12.1. The number of ether oxygens (including phenoxy) is 1. The zero-order valence-electron chi connectivity index (χ0n) is 22.8. The van der Waals surface area contributed by atoms with Crippen molar-refractivity contribution in [3.8, 4) is 11.5 Å². The first-order valence-electron chi connectivity index (χ1n) is 14.2. The van der Waals surface area contributed by atoms with E-state index in [-0.39, 0.29) is 18.1 Å². The van der Waals surface area contributed by atoms with Gasteiger partial charge in [0.25, 0.3) is 0 Å². The zero-order valence-corrected chi connectivity index (χ0v) is 22.8. The van der Waals surface area contributed by atoms with Gasteiger partial charge < -0.3 is 25.2 Å². The van der Waals surface area contributed by atoms with Crippen LogP contribution < -0.4 is 4.74 Å². The molecule has 0 saturated carbocycles. The number of hydrogen-bond donors (Lipinski definition) is 4. The second-order valence-electron chi connectivity index (χ2n) is 9.88. The predicted octanol–water partition coefficient (Wildman–Crippen LogP) is 6.50. The van der Waals surface area contributed by atoms with Crippen LogP contribution in [0.25, 0.3) is 6.08 Å². The number of unbranched alkanes of at least 4 members (excludes halogenated alkanes) is 12. The van der Waals surface area contributed by atoms with Crippen molar-refractivity contribution in [2.24, 2.45) is 0 Å². The van der Waals surface area contributed by atoms with Gasteiger partial charge >= 0.3 is 0 Å². The van der Waals surface area contributed by atoms with Crippen molar-refractivity contribution in [3.05, 3.63) is 42.0 Å². The van der Waals surface area contributed by atoms with Gasteiger partial charge in [-0.1, -0.05) is 82.1 Å². The molecule has 1 rings (SSSR count). The Balaban J connectivity index is 1.89. The van der Waals surface area contributed by atoms with Crippen molar-refractivity contribution < 1.29 is 30.0 Å². The molecule has 210 valence electrons. The number of aliphatic hydroxyl groups is 3. The van der Waals surface area contributed by atoms with Gasteiger partial charge in [-0.15, -0.1) is 0 Å². The highest BCUT2D eigenvalue weighted by molar-refractivity contribution is 5.93. The highest BCUT2D eigenvalue weighted by atomic mass is 16.5. The summed E-state index contributed by atoms with van der Waals surface area (Å²) >= 11 is 0. The molecule has 6 heteroatoms. The lowest BCUT2D eigenvalue weighted by atomic mass is 10.0. The molecule has 0 fully saturated rings. The van der Waals surface area contributed by atoms with E-state index in [1.165, 1.54) is 52.1 Å². The maximum Gasteiger partial charge on any atom is 0.161 e. The van der Waals surface area contributed by atoms with Gasteiger partial charge in [-0.25, -0.2) is 0 Å². The fourth-order valence-electron chi connectivity index (χ4n) is 4.21. The Morgan fingerprint density at radius 2 is 1.41 bits per heavy atom. The number of ketones is 1. The summed E-state index contributed by atoms with van der Waals surface area (Å²) in [7, 11) is 1.50. The number of rotatable bonds is 23. The van der Waals surface area contributed by atoms with E-state index in [9.17, 15) is 20.1 Å². The van der Waals surface area contributed by atoms with Crippen LogP contribution in [0.1, 0.15) is 108 Å². The summed E-state index contributed by atoms with van der Waals surface area (Å²) < 4.78 is 5.08. The Morgan fingerprint density at radius 3 is 2.00 bits per heavy atom. The molecule has 0 spiro atoms. The van der Waals surface area contributed by atoms with E-state index < -0.39 is 12.2 Å². The first kappa shape index (κ1) is 32.9. The molecule has 0 aliphatic rings. The Morgan fingerprint density at radius 1 is 0.838 bits per heavy atom. The topological polar surface area (TPSA) is 107 Å². The summed E-state index contributed by atoms with van der Waals surface area (Å²) in [6.45, 7) is -0.376. The largest absolute Gasteiger partial charge is 0.504 e. The molecule has 6 nitrogen and oxygen atoms in total. The lowest BCUT2D eigenvalue weighted by Gasteiger charge is -2.14. The Kier molecular flexibility index (Phi) is 19.5. The van der Waals surface area contributed by atoms with E-state index in [1.54, 1.807) is 30.4 Å². The standard InChI is InChI=1S/C31H50O6/c1-37-31-24-26(21-23-29(31)35)20-22-27(33)18-16-14-12-10-8-6-4-2-3-5-7-9-11-13-15-17-19-28(34)30(36)25-32/h2-3,20-24,28,30,32,34-36H,4-19,25H2,1H3. The molecule has 4 N–H and O–H groups in total. The van der Waals surface area contributed by atoms with Crippen molar-refractivity contribution in [2.45, 2.75) is 115 Å². The van der Waals surface area contributed by atoms with Gasteiger partial charge in [-0.2, -0.15) is 0 Å². The SMILES string of the molecule is COc1cc(C=CC(=O)CCCCCCCCC=CCCCCCCCCC(O)C(O)CO)ccc1O. The molecule has 1 aromatic carbocycles. The van der Waals surface area contributed by atoms with Gasteiger partial charge in [0.15, 0.2) is 17.3 Å². The molecule has 0 amide bonds. The van der Waals surface area contributed by atoms with Crippen LogP contribution in [-0.4, -0.2) is 52.1 Å². The fraction of sp³-hybridized carbons (Fsp3) is 0.645. The number of methoxy groups -OCH3 is 1. The summed E-state index contributed by atoms with van der Waals surface area (Å²) in [6.07, 6.45) is 23.3. The minimum Gasteiger partial charge on any atom is -0.504 e. The summed E-state index contributed by atoms with van der Waals surface area (Å²) in [6, 6.07) is 5.03. The second kappa shape index (κ2) is 21.9. The van der Waals surface area contributed by atoms with Crippen LogP contribution in [0.2, 0.25) is 0 Å². The van der Waals surface area contributed by atoms with Crippen LogP contribution in [0.4, 0.5) is 0 Å².